The Morgan fingerprint density at radius 2 is 2.41 bits per heavy atom. The van der Waals surface area contributed by atoms with Crippen LogP contribution < -0.4 is 5.56 Å². The molecule has 86 valence electrons. The van der Waals surface area contributed by atoms with Crippen molar-refractivity contribution in [3.8, 4) is 0 Å². The molecule has 0 bridgehead atoms. The monoisotopic (exact) mass is 247 g/mol. The van der Waals surface area contributed by atoms with Crippen LogP contribution in [0.4, 0.5) is 0 Å². The average Bonchev–Trinajstić information content (AvgIpc) is 2.93. The highest BCUT2D eigenvalue weighted by Crippen LogP contribution is 2.19. The van der Waals surface area contributed by atoms with Gasteiger partial charge in [0.1, 0.15) is 16.7 Å². The predicted molar refractivity (Wildman–Crippen MR) is 64.2 cm³/mol. The maximum atomic E-state index is 12.1. The third kappa shape index (κ3) is 1.66. The second-order valence-corrected chi connectivity index (χ2v) is 4.64. The lowest BCUT2D eigenvalue weighted by molar-refractivity contribution is 0.409. The minimum atomic E-state index is -0.0314. The molecule has 6 heteroatoms. The summed E-state index contributed by atoms with van der Waals surface area (Å²) >= 11 is 1.43. The van der Waals surface area contributed by atoms with E-state index in [-0.39, 0.29) is 5.56 Å². The molecular formula is C11H9N3O2S. The number of thiophene rings is 1. The van der Waals surface area contributed by atoms with Gasteiger partial charge in [0.15, 0.2) is 0 Å². The molecule has 0 aliphatic carbocycles. The number of aryl methyl sites for hydroxylation is 1. The first-order chi connectivity index (χ1) is 8.25. The van der Waals surface area contributed by atoms with Crippen LogP contribution in [0.25, 0.3) is 10.2 Å². The van der Waals surface area contributed by atoms with Gasteiger partial charge >= 0.3 is 0 Å². The van der Waals surface area contributed by atoms with Gasteiger partial charge in [0, 0.05) is 6.07 Å². The number of rotatable bonds is 2. The topological polar surface area (TPSA) is 60.9 Å². The van der Waals surface area contributed by atoms with Crippen LogP contribution in [-0.4, -0.2) is 14.7 Å². The molecule has 0 radical (unpaired) electrons. The summed E-state index contributed by atoms with van der Waals surface area (Å²) in [7, 11) is 0. The van der Waals surface area contributed by atoms with Crippen LogP contribution in [0.15, 0.2) is 33.4 Å². The van der Waals surface area contributed by atoms with Crippen molar-refractivity contribution >= 4 is 21.6 Å². The minimum Gasteiger partial charge on any atom is -0.364 e. The number of fused-ring (bicyclic) bond motifs is 1. The van der Waals surface area contributed by atoms with Crippen molar-refractivity contribution in [2.24, 2.45) is 0 Å². The second kappa shape index (κ2) is 3.81. The SMILES string of the molecule is Cc1csc2c(=O)n(Cc3ccon3)cnc12. The Labute approximate surface area is 100 Å². The maximum absolute atomic E-state index is 12.1. The Morgan fingerprint density at radius 1 is 1.53 bits per heavy atom. The Balaban J connectivity index is 2.12. The minimum absolute atomic E-state index is 0.0314. The highest BCUT2D eigenvalue weighted by atomic mass is 32.1. The van der Waals surface area contributed by atoms with E-state index in [0.717, 1.165) is 11.1 Å². The lowest BCUT2D eigenvalue weighted by atomic mass is 10.3. The quantitative estimate of drug-likeness (QED) is 0.692. The summed E-state index contributed by atoms with van der Waals surface area (Å²) in [4.78, 5) is 16.4. The van der Waals surface area contributed by atoms with Gasteiger partial charge in [-0.05, 0) is 17.9 Å². The molecule has 0 aliphatic heterocycles. The summed E-state index contributed by atoms with van der Waals surface area (Å²) in [6.45, 7) is 2.34. The standard InChI is InChI=1S/C11H9N3O2S/c1-7-5-17-10-9(7)12-6-14(11(10)15)4-8-2-3-16-13-8/h2-3,5-6H,4H2,1H3. The van der Waals surface area contributed by atoms with Crippen molar-refractivity contribution in [1.82, 2.24) is 14.7 Å². The Hall–Kier alpha value is -1.95. The van der Waals surface area contributed by atoms with Crippen LogP contribution in [0.3, 0.4) is 0 Å². The third-order valence-electron chi connectivity index (χ3n) is 2.55. The Morgan fingerprint density at radius 3 is 3.18 bits per heavy atom. The molecule has 0 N–H and O–H groups in total. The first-order valence-electron chi connectivity index (χ1n) is 5.08. The van der Waals surface area contributed by atoms with E-state index in [1.165, 1.54) is 22.2 Å². The highest BCUT2D eigenvalue weighted by Gasteiger charge is 2.09. The smallest absolute Gasteiger partial charge is 0.271 e. The number of hydrogen-bond acceptors (Lipinski definition) is 5. The van der Waals surface area contributed by atoms with Crippen molar-refractivity contribution in [3.05, 3.63) is 45.6 Å². The van der Waals surface area contributed by atoms with Crippen LogP contribution in [-0.2, 0) is 6.54 Å². The van der Waals surface area contributed by atoms with E-state index in [0.29, 0.717) is 16.9 Å². The molecule has 3 heterocycles. The van der Waals surface area contributed by atoms with Gasteiger partial charge in [0.2, 0.25) is 0 Å². The van der Waals surface area contributed by atoms with Gasteiger partial charge in [-0.15, -0.1) is 11.3 Å². The molecule has 0 unspecified atom stereocenters. The predicted octanol–water partition coefficient (Wildman–Crippen LogP) is 1.80. The van der Waals surface area contributed by atoms with E-state index in [9.17, 15) is 4.79 Å². The molecule has 3 rings (SSSR count). The molecular weight excluding hydrogens is 238 g/mol. The van der Waals surface area contributed by atoms with Crippen molar-refractivity contribution in [2.45, 2.75) is 13.5 Å². The zero-order valence-corrected chi connectivity index (χ0v) is 9.90. The van der Waals surface area contributed by atoms with Gasteiger partial charge in [0.05, 0.1) is 18.4 Å². The molecule has 5 nitrogen and oxygen atoms in total. The van der Waals surface area contributed by atoms with E-state index in [1.807, 2.05) is 12.3 Å². The molecule has 0 spiro atoms. The van der Waals surface area contributed by atoms with Crippen LogP contribution in [0, 0.1) is 6.92 Å². The fraction of sp³-hybridized carbons (Fsp3) is 0.182. The Kier molecular flexibility index (Phi) is 2.29. The summed E-state index contributed by atoms with van der Waals surface area (Å²) in [6.07, 6.45) is 3.04. The largest absolute Gasteiger partial charge is 0.364 e. The van der Waals surface area contributed by atoms with E-state index in [1.54, 1.807) is 12.4 Å². The molecule has 0 saturated heterocycles. The van der Waals surface area contributed by atoms with Crippen molar-refractivity contribution in [1.29, 1.82) is 0 Å². The average molecular weight is 247 g/mol. The van der Waals surface area contributed by atoms with Crippen LogP contribution in [0.1, 0.15) is 11.3 Å². The van der Waals surface area contributed by atoms with E-state index in [4.69, 9.17) is 4.52 Å². The van der Waals surface area contributed by atoms with E-state index in [2.05, 4.69) is 10.1 Å². The summed E-state index contributed by atoms with van der Waals surface area (Å²) in [5.74, 6) is 0. The fourth-order valence-electron chi connectivity index (χ4n) is 1.67. The molecule has 0 amide bonds. The molecule has 0 saturated carbocycles. The number of nitrogens with zero attached hydrogens (tertiary/aromatic N) is 3. The van der Waals surface area contributed by atoms with Crippen LogP contribution >= 0.6 is 11.3 Å². The lowest BCUT2D eigenvalue weighted by Gasteiger charge is -2.01. The molecule has 3 aromatic heterocycles. The zero-order valence-electron chi connectivity index (χ0n) is 9.08. The summed E-state index contributed by atoms with van der Waals surface area (Å²) < 4.78 is 6.96. The molecule has 0 atom stereocenters. The highest BCUT2D eigenvalue weighted by molar-refractivity contribution is 7.17. The van der Waals surface area contributed by atoms with Crippen LogP contribution in [0.5, 0.6) is 0 Å². The fourth-order valence-corrected chi connectivity index (χ4v) is 2.62. The molecule has 0 aliphatic rings. The lowest BCUT2D eigenvalue weighted by Crippen LogP contribution is -2.20. The van der Waals surface area contributed by atoms with Gasteiger partial charge in [-0.25, -0.2) is 4.98 Å². The third-order valence-corrected chi connectivity index (χ3v) is 3.62. The zero-order chi connectivity index (χ0) is 11.8. The van der Waals surface area contributed by atoms with Gasteiger partial charge in [-0.3, -0.25) is 9.36 Å². The summed E-state index contributed by atoms with van der Waals surface area (Å²) in [6, 6.07) is 1.73. The van der Waals surface area contributed by atoms with Gasteiger partial charge in [-0.1, -0.05) is 5.16 Å². The molecule has 3 aromatic rings. The van der Waals surface area contributed by atoms with Crippen molar-refractivity contribution in [2.75, 3.05) is 0 Å². The second-order valence-electron chi connectivity index (χ2n) is 3.76. The first kappa shape index (κ1) is 10.2. The normalized spacial score (nSPS) is 11.1. The van der Waals surface area contributed by atoms with Crippen molar-refractivity contribution < 1.29 is 4.52 Å². The maximum Gasteiger partial charge on any atom is 0.271 e. The summed E-state index contributed by atoms with van der Waals surface area (Å²) in [5.41, 5.74) is 2.50. The van der Waals surface area contributed by atoms with Crippen LogP contribution in [0.2, 0.25) is 0 Å². The van der Waals surface area contributed by atoms with Gasteiger partial charge in [0.25, 0.3) is 5.56 Å². The van der Waals surface area contributed by atoms with Crippen molar-refractivity contribution in [3.63, 3.8) is 0 Å². The van der Waals surface area contributed by atoms with E-state index < -0.39 is 0 Å². The molecule has 0 fully saturated rings. The summed E-state index contributed by atoms with van der Waals surface area (Å²) in [5, 5.41) is 5.72. The molecule has 17 heavy (non-hydrogen) atoms. The Bertz CT molecular complexity index is 712. The van der Waals surface area contributed by atoms with Gasteiger partial charge in [-0.2, -0.15) is 0 Å². The number of aromatic nitrogens is 3. The first-order valence-corrected chi connectivity index (χ1v) is 5.96. The number of hydrogen-bond donors (Lipinski definition) is 0. The molecule has 0 aromatic carbocycles. The van der Waals surface area contributed by atoms with E-state index >= 15 is 0 Å². The van der Waals surface area contributed by atoms with Gasteiger partial charge < -0.3 is 4.52 Å².